The van der Waals surface area contributed by atoms with Gasteiger partial charge in [-0.3, -0.25) is 4.90 Å². The lowest BCUT2D eigenvalue weighted by Crippen LogP contribution is -2.33. The van der Waals surface area contributed by atoms with E-state index in [0.717, 1.165) is 43.6 Å². The predicted molar refractivity (Wildman–Crippen MR) is 109 cm³/mol. The van der Waals surface area contributed by atoms with Crippen LogP contribution in [0.2, 0.25) is 0 Å². The van der Waals surface area contributed by atoms with Crippen LogP contribution in [-0.4, -0.2) is 56.7 Å². The second kappa shape index (κ2) is 9.13. The highest BCUT2D eigenvalue weighted by Crippen LogP contribution is 2.16. The molecule has 0 aliphatic carbocycles. The fourth-order valence-corrected chi connectivity index (χ4v) is 4.81. The maximum Gasteiger partial charge on any atom is 0.179 e. The Morgan fingerprint density at radius 2 is 1.50 bits per heavy atom. The minimum Gasteiger partial charge on any atom is -0.301 e. The molecule has 1 saturated heterocycles. The van der Waals surface area contributed by atoms with Gasteiger partial charge >= 0.3 is 0 Å². The Morgan fingerprint density at radius 1 is 0.846 bits per heavy atom. The Balaban J connectivity index is 1.51. The highest BCUT2D eigenvalue weighted by atomic mass is 79.9. The number of halogens is 1. The van der Waals surface area contributed by atoms with E-state index in [1.165, 1.54) is 5.56 Å². The minimum absolute atomic E-state index is 0.174. The first-order valence-electron chi connectivity index (χ1n) is 9.00. The second-order valence-corrected chi connectivity index (χ2v) is 9.75. The van der Waals surface area contributed by atoms with Gasteiger partial charge in [-0.2, -0.15) is 0 Å². The molecule has 1 aliphatic rings. The summed E-state index contributed by atoms with van der Waals surface area (Å²) in [7, 11) is -3.23. The number of hydrogen-bond donors (Lipinski definition) is 0. The first-order valence-corrected chi connectivity index (χ1v) is 11.4. The fourth-order valence-electron chi connectivity index (χ4n) is 3.26. The average molecular weight is 437 g/mol. The summed E-state index contributed by atoms with van der Waals surface area (Å²) in [5, 5.41) is 0. The Kier molecular flexibility index (Phi) is 6.86. The zero-order valence-electron chi connectivity index (χ0n) is 14.9. The summed E-state index contributed by atoms with van der Waals surface area (Å²) >= 11 is 3.34. The molecule has 1 aliphatic heterocycles. The van der Waals surface area contributed by atoms with Crippen molar-refractivity contribution in [2.45, 2.75) is 17.9 Å². The van der Waals surface area contributed by atoms with Crippen molar-refractivity contribution in [3.05, 3.63) is 64.6 Å². The Morgan fingerprint density at radius 3 is 2.23 bits per heavy atom. The summed E-state index contributed by atoms with van der Waals surface area (Å²) in [5.74, 6) is 0.174. The summed E-state index contributed by atoms with van der Waals surface area (Å²) in [6, 6.07) is 17.4. The van der Waals surface area contributed by atoms with Gasteiger partial charge in [0, 0.05) is 30.7 Å². The Hall–Kier alpha value is -1.21. The number of hydrogen-bond acceptors (Lipinski definition) is 4. The molecular weight excluding hydrogens is 412 g/mol. The third kappa shape index (κ3) is 5.64. The molecule has 0 bridgehead atoms. The van der Waals surface area contributed by atoms with E-state index in [0.29, 0.717) is 11.4 Å². The van der Waals surface area contributed by atoms with Gasteiger partial charge < -0.3 is 4.90 Å². The molecule has 2 aromatic rings. The van der Waals surface area contributed by atoms with Gasteiger partial charge in [0.15, 0.2) is 9.84 Å². The summed E-state index contributed by atoms with van der Waals surface area (Å²) < 4.78 is 25.9. The second-order valence-electron chi connectivity index (χ2n) is 6.73. The molecule has 6 heteroatoms. The van der Waals surface area contributed by atoms with Crippen LogP contribution in [0.15, 0.2) is 64.0 Å². The van der Waals surface area contributed by atoms with Gasteiger partial charge in [-0.25, -0.2) is 8.42 Å². The molecule has 0 spiro atoms. The molecule has 140 valence electrons. The summed E-state index contributed by atoms with van der Waals surface area (Å²) in [6.07, 6.45) is 1.07. The molecule has 0 aromatic heterocycles. The van der Waals surface area contributed by atoms with E-state index in [4.69, 9.17) is 0 Å². The lowest BCUT2D eigenvalue weighted by molar-refractivity contribution is 0.258. The molecule has 26 heavy (non-hydrogen) atoms. The highest BCUT2D eigenvalue weighted by molar-refractivity contribution is 9.10. The lowest BCUT2D eigenvalue weighted by atomic mass is 10.2. The summed E-state index contributed by atoms with van der Waals surface area (Å²) in [4.78, 5) is 5.14. The third-order valence-corrected chi connectivity index (χ3v) is 7.02. The monoisotopic (exact) mass is 436 g/mol. The van der Waals surface area contributed by atoms with Gasteiger partial charge in [0.25, 0.3) is 0 Å². The Bertz CT molecular complexity index is 794. The first-order chi connectivity index (χ1) is 12.5. The van der Waals surface area contributed by atoms with Gasteiger partial charge in [-0.15, -0.1) is 0 Å². The van der Waals surface area contributed by atoms with Gasteiger partial charge in [0.2, 0.25) is 0 Å². The molecule has 4 nitrogen and oxygen atoms in total. The van der Waals surface area contributed by atoms with Crippen molar-refractivity contribution in [1.29, 1.82) is 0 Å². The predicted octanol–water partition coefficient (Wildman–Crippen LogP) is 3.43. The number of rotatable bonds is 6. The zero-order valence-corrected chi connectivity index (χ0v) is 17.3. The highest BCUT2D eigenvalue weighted by Gasteiger charge is 2.19. The third-order valence-electron chi connectivity index (χ3n) is 4.78. The van der Waals surface area contributed by atoms with Crippen molar-refractivity contribution in [3.63, 3.8) is 0 Å². The van der Waals surface area contributed by atoms with Crippen molar-refractivity contribution in [2.75, 3.05) is 38.5 Å². The summed E-state index contributed by atoms with van der Waals surface area (Å²) in [5.41, 5.74) is 1.33. The van der Waals surface area contributed by atoms with Crippen LogP contribution in [0.25, 0.3) is 0 Å². The van der Waals surface area contributed by atoms with Crippen LogP contribution < -0.4 is 0 Å². The molecule has 1 fully saturated rings. The molecule has 3 rings (SSSR count). The van der Waals surface area contributed by atoms with E-state index in [1.54, 1.807) is 24.3 Å². The molecule has 0 amide bonds. The standard InChI is InChI=1S/C20H25BrN2O2S/c21-19-7-9-20(10-8-19)26(24,25)16-15-22-11-4-12-23(14-13-22)17-18-5-2-1-3-6-18/h1-3,5-10H,4,11-17H2. The van der Waals surface area contributed by atoms with Crippen molar-refractivity contribution in [1.82, 2.24) is 9.80 Å². The Labute approximate surface area is 164 Å². The molecule has 0 N–H and O–H groups in total. The van der Waals surface area contributed by atoms with E-state index >= 15 is 0 Å². The van der Waals surface area contributed by atoms with Crippen molar-refractivity contribution in [2.24, 2.45) is 0 Å². The van der Waals surface area contributed by atoms with E-state index < -0.39 is 9.84 Å². The summed E-state index contributed by atoms with van der Waals surface area (Å²) in [6.45, 7) is 5.48. The first kappa shape index (κ1) is 19.5. The zero-order chi connectivity index (χ0) is 18.4. The SMILES string of the molecule is O=S(=O)(CCN1CCCN(Cc2ccccc2)CC1)c1ccc(Br)cc1. The van der Waals surface area contributed by atoms with Crippen molar-refractivity contribution >= 4 is 25.8 Å². The van der Waals surface area contributed by atoms with E-state index in [1.807, 2.05) is 6.07 Å². The van der Waals surface area contributed by atoms with E-state index in [9.17, 15) is 8.42 Å². The van der Waals surface area contributed by atoms with Crippen LogP contribution in [0.5, 0.6) is 0 Å². The minimum atomic E-state index is -3.23. The van der Waals surface area contributed by atoms with Crippen LogP contribution >= 0.6 is 15.9 Å². The topological polar surface area (TPSA) is 40.6 Å². The smallest absolute Gasteiger partial charge is 0.179 e. The van der Waals surface area contributed by atoms with Crippen LogP contribution in [0.1, 0.15) is 12.0 Å². The van der Waals surface area contributed by atoms with Crippen LogP contribution in [-0.2, 0) is 16.4 Å². The van der Waals surface area contributed by atoms with Gasteiger partial charge in [0.1, 0.15) is 0 Å². The maximum atomic E-state index is 12.5. The van der Waals surface area contributed by atoms with Crippen LogP contribution in [0.3, 0.4) is 0 Å². The molecule has 0 saturated carbocycles. The maximum absolute atomic E-state index is 12.5. The van der Waals surface area contributed by atoms with Gasteiger partial charge in [0.05, 0.1) is 10.6 Å². The molecule has 1 heterocycles. The normalized spacial score (nSPS) is 17.1. The number of nitrogens with zero attached hydrogens (tertiary/aromatic N) is 2. The van der Waals surface area contributed by atoms with Crippen LogP contribution in [0.4, 0.5) is 0 Å². The fraction of sp³-hybridized carbons (Fsp3) is 0.400. The molecule has 0 unspecified atom stereocenters. The molecule has 0 radical (unpaired) electrons. The van der Waals surface area contributed by atoms with Gasteiger partial charge in [-0.1, -0.05) is 46.3 Å². The van der Waals surface area contributed by atoms with Crippen molar-refractivity contribution in [3.8, 4) is 0 Å². The van der Waals surface area contributed by atoms with Crippen molar-refractivity contribution < 1.29 is 8.42 Å². The quantitative estimate of drug-likeness (QED) is 0.695. The van der Waals surface area contributed by atoms with E-state index in [-0.39, 0.29) is 5.75 Å². The number of benzene rings is 2. The van der Waals surface area contributed by atoms with Crippen LogP contribution in [0, 0.1) is 0 Å². The van der Waals surface area contributed by atoms with Gasteiger partial charge in [-0.05, 0) is 49.3 Å². The van der Waals surface area contributed by atoms with E-state index in [2.05, 4.69) is 50.0 Å². The lowest BCUT2D eigenvalue weighted by Gasteiger charge is -2.21. The molecular formula is C20H25BrN2O2S. The number of sulfone groups is 1. The molecule has 2 aromatic carbocycles. The average Bonchev–Trinajstić information content (AvgIpc) is 2.87. The largest absolute Gasteiger partial charge is 0.301 e. The molecule has 0 atom stereocenters.